The highest BCUT2D eigenvalue weighted by Crippen LogP contribution is 2.31. The fraction of sp³-hybridized carbons (Fsp3) is 0.600. The van der Waals surface area contributed by atoms with Gasteiger partial charge in [0.05, 0.1) is 12.7 Å². The molecule has 0 aliphatic heterocycles. The summed E-state index contributed by atoms with van der Waals surface area (Å²) < 4.78 is 26.4. The number of carbonyl (C=O) groups is 1. The fourth-order valence-corrected chi connectivity index (χ4v) is 5.31. The molecule has 0 saturated heterocycles. The number of carbonyl (C=O) groups excluding carboxylic acids is 1. The topological polar surface area (TPSA) is 93.4 Å². The Labute approximate surface area is 120 Å². The van der Waals surface area contributed by atoms with Crippen molar-refractivity contribution in [2.24, 2.45) is 5.73 Å². The number of nitrogens with two attached hydrogens (primary N) is 1. The summed E-state index contributed by atoms with van der Waals surface area (Å²) >= 11 is 6.55. The monoisotopic (exact) mass is 323 g/mol. The molecule has 2 rings (SSSR count). The lowest BCUT2D eigenvalue weighted by Crippen LogP contribution is -2.43. The quantitative estimate of drug-likeness (QED) is 0.881. The largest absolute Gasteiger partial charge is 0.369 e. The lowest BCUT2D eigenvalue weighted by Gasteiger charge is -2.25. The zero-order chi connectivity index (χ0) is 14.0. The average molecular weight is 324 g/mol. The van der Waals surface area contributed by atoms with Gasteiger partial charge in [-0.1, -0.05) is 35.8 Å². The number of rotatable bonds is 5. The van der Waals surface area contributed by atoms with Crippen LogP contribution < -0.4 is 5.73 Å². The Morgan fingerprint density at radius 3 is 2.63 bits per heavy atom. The molecule has 19 heavy (non-hydrogen) atoms. The van der Waals surface area contributed by atoms with Crippen LogP contribution in [0.25, 0.3) is 0 Å². The number of nitrogens with zero attached hydrogens (tertiary/aromatic N) is 2. The van der Waals surface area contributed by atoms with Crippen LogP contribution in [0.5, 0.6) is 0 Å². The average Bonchev–Trinajstić information content (AvgIpc) is 2.96. The van der Waals surface area contributed by atoms with E-state index in [9.17, 15) is 13.2 Å². The Morgan fingerprint density at radius 1 is 1.53 bits per heavy atom. The van der Waals surface area contributed by atoms with E-state index < -0.39 is 15.9 Å². The Balaban J connectivity index is 2.33. The van der Waals surface area contributed by atoms with E-state index in [1.54, 1.807) is 0 Å². The van der Waals surface area contributed by atoms with Gasteiger partial charge in [0.2, 0.25) is 5.91 Å². The zero-order valence-corrected chi connectivity index (χ0v) is 12.5. The normalized spacial score (nSPS) is 17.2. The predicted octanol–water partition coefficient (Wildman–Crippen LogP) is 1.22. The van der Waals surface area contributed by atoms with E-state index >= 15 is 0 Å². The maximum Gasteiger partial charge on any atom is 0.254 e. The van der Waals surface area contributed by atoms with E-state index in [4.69, 9.17) is 17.3 Å². The smallest absolute Gasteiger partial charge is 0.254 e. The van der Waals surface area contributed by atoms with Crippen molar-refractivity contribution in [3.05, 3.63) is 10.7 Å². The number of primary amides is 1. The summed E-state index contributed by atoms with van der Waals surface area (Å²) in [5, 5.41) is 0. The Kier molecular flexibility index (Phi) is 4.44. The van der Waals surface area contributed by atoms with E-state index in [-0.39, 0.29) is 21.3 Å². The lowest BCUT2D eigenvalue weighted by molar-refractivity contribution is -0.118. The maximum atomic E-state index is 12.5. The summed E-state index contributed by atoms with van der Waals surface area (Å²) in [6.45, 7) is -0.303. The lowest BCUT2D eigenvalue weighted by atomic mass is 10.2. The third-order valence-corrected chi connectivity index (χ3v) is 6.51. The van der Waals surface area contributed by atoms with Crippen molar-refractivity contribution in [2.45, 2.75) is 35.9 Å². The van der Waals surface area contributed by atoms with Crippen molar-refractivity contribution >= 4 is 38.9 Å². The number of amides is 1. The first-order chi connectivity index (χ1) is 8.91. The fourth-order valence-electron chi connectivity index (χ4n) is 2.23. The molecule has 1 saturated carbocycles. The van der Waals surface area contributed by atoms with Crippen LogP contribution in [0.3, 0.4) is 0 Å². The molecule has 0 bridgehead atoms. The Bertz CT molecular complexity index is 566. The molecule has 1 aliphatic carbocycles. The molecule has 1 aliphatic rings. The molecule has 2 N–H and O–H groups in total. The van der Waals surface area contributed by atoms with Crippen LogP contribution in [0.4, 0.5) is 0 Å². The van der Waals surface area contributed by atoms with Crippen LogP contribution in [-0.4, -0.2) is 36.2 Å². The summed E-state index contributed by atoms with van der Waals surface area (Å²) in [6, 6.07) is -0.168. The van der Waals surface area contributed by atoms with Gasteiger partial charge in [0.15, 0.2) is 8.68 Å². The van der Waals surface area contributed by atoms with Crippen LogP contribution in [0.1, 0.15) is 25.7 Å². The second-order valence-corrected chi connectivity index (χ2v) is 8.12. The van der Waals surface area contributed by atoms with Crippen LogP contribution in [0.2, 0.25) is 4.47 Å². The Morgan fingerprint density at radius 2 is 2.16 bits per heavy atom. The molecule has 106 valence electrons. The molecule has 9 heteroatoms. The molecule has 0 radical (unpaired) electrons. The van der Waals surface area contributed by atoms with Crippen LogP contribution in [-0.2, 0) is 14.8 Å². The summed E-state index contributed by atoms with van der Waals surface area (Å²) in [5.74, 6) is -0.661. The van der Waals surface area contributed by atoms with Crippen molar-refractivity contribution < 1.29 is 13.2 Å². The van der Waals surface area contributed by atoms with E-state index in [1.165, 1.54) is 10.5 Å². The number of hydrogen-bond acceptors (Lipinski definition) is 5. The first-order valence-corrected chi connectivity index (χ1v) is 8.46. The van der Waals surface area contributed by atoms with E-state index in [2.05, 4.69) is 4.98 Å². The van der Waals surface area contributed by atoms with Gasteiger partial charge >= 0.3 is 0 Å². The third-order valence-electron chi connectivity index (χ3n) is 3.06. The van der Waals surface area contributed by atoms with Gasteiger partial charge in [-0.2, -0.15) is 4.31 Å². The van der Waals surface area contributed by atoms with Gasteiger partial charge in [0.25, 0.3) is 10.0 Å². The molecule has 1 fully saturated rings. The second-order valence-electron chi connectivity index (χ2n) is 4.39. The summed E-state index contributed by atoms with van der Waals surface area (Å²) in [5.41, 5.74) is 5.16. The molecule has 0 unspecified atom stereocenters. The molecular formula is C10H14ClN3O3S2. The first-order valence-electron chi connectivity index (χ1n) is 5.83. The number of hydrogen-bond donors (Lipinski definition) is 1. The molecule has 1 heterocycles. The number of sulfonamides is 1. The molecule has 1 amide bonds. The van der Waals surface area contributed by atoms with Crippen LogP contribution in [0, 0.1) is 0 Å². The van der Waals surface area contributed by atoms with Crippen molar-refractivity contribution in [3.63, 3.8) is 0 Å². The minimum Gasteiger partial charge on any atom is -0.369 e. The minimum absolute atomic E-state index is 0.0469. The summed E-state index contributed by atoms with van der Waals surface area (Å²) in [4.78, 5) is 14.9. The van der Waals surface area contributed by atoms with Gasteiger partial charge in [-0.25, -0.2) is 13.4 Å². The van der Waals surface area contributed by atoms with Gasteiger partial charge in [-0.3, -0.25) is 4.79 Å². The van der Waals surface area contributed by atoms with Gasteiger partial charge in [0.1, 0.15) is 0 Å². The number of aromatic nitrogens is 1. The maximum absolute atomic E-state index is 12.5. The third kappa shape index (κ3) is 3.25. The standard InChI is InChI=1S/C10H14ClN3O3S2/c11-10-13-5-9(18-10)19(16,17)14(6-8(12)15)7-3-1-2-4-7/h5,7H,1-4,6H2,(H2,12,15). The molecular weight excluding hydrogens is 310 g/mol. The minimum atomic E-state index is -3.75. The Hall–Kier alpha value is -0.700. The van der Waals surface area contributed by atoms with Crippen molar-refractivity contribution in [1.29, 1.82) is 0 Å². The van der Waals surface area contributed by atoms with Gasteiger partial charge in [-0.05, 0) is 12.8 Å². The molecule has 0 aromatic carbocycles. The first kappa shape index (κ1) is 14.7. The van der Waals surface area contributed by atoms with Crippen LogP contribution in [0.15, 0.2) is 10.4 Å². The summed E-state index contributed by atoms with van der Waals surface area (Å²) in [6.07, 6.45) is 4.63. The van der Waals surface area contributed by atoms with E-state index in [0.29, 0.717) is 0 Å². The molecule has 1 aromatic heterocycles. The van der Waals surface area contributed by atoms with Crippen molar-refractivity contribution in [2.75, 3.05) is 6.54 Å². The predicted molar refractivity (Wildman–Crippen MR) is 72.5 cm³/mol. The summed E-state index contributed by atoms with van der Waals surface area (Å²) in [7, 11) is -3.75. The van der Waals surface area contributed by atoms with E-state index in [0.717, 1.165) is 37.0 Å². The molecule has 6 nitrogen and oxygen atoms in total. The van der Waals surface area contributed by atoms with Gasteiger partial charge in [-0.15, -0.1) is 0 Å². The number of thiazole rings is 1. The number of halogens is 1. The highest BCUT2D eigenvalue weighted by molar-refractivity contribution is 7.91. The highest BCUT2D eigenvalue weighted by Gasteiger charge is 2.35. The highest BCUT2D eigenvalue weighted by atomic mass is 35.5. The van der Waals surface area contributed by atoms with Crippen LogP contribution >= 0.6 is 22.9 Å². The second kappa shape index (κ2) is 5.74. The van der Waals surface area contributed by atoms with Crippen molar-refractivity contribution in [3.8, 4) is 0 Å². The van der Waals surface area contributed by atoms with Crippen molar-refractivity contribution in [1.82, 2.24) is 9.29 Å². The molecule has 0 spiro atoms. The van der Waals surface area contributed by atoms with E-state index in [1.807, 2.05) is 0 Å². The molecule has 1 aromatic rings. The van der Waals surface area contributed by atoms with Gasteiger partial charge in [0, 0.05) is 6.04 Å². The zero-order valence-electron chi connectivity index (χ0n) is 10.1. The molecule has 0 atom stereocenters. The SMILES string of the molecule is NC(=O)CN(C1CCCC1)S(=O)(=O)c1cnc(Cl)s1. The van der Waals surface area contributed by atoms with Gasteiger partial charge < -0.3 is 5.73 Å².